The van der Waals surface area contributed by atoms with Crippen molar-refractivity contribution in [2.45, 2.75) is 185 Å². The molecule has 0 unspecified atom stereocenters. The average Bonchev–Trinajstić information content (AvgIpc) is 3.15. The Kier molecular flexibility index (Phi) is 18.9. The van der Waals surface area contributed by atoms with E-state index in [2.05, 4.69) is 5.32 Å². The lowest BCUT2D eigenvalue weighted by Crippen LogP contribution is -2.61. The molecular weight excluding hydrogens is 770 g/mol. The lowest BCUT2D eigenvalue weighted by atomic mass is 9.77. The Morgan fingerprint density at radius 3 is 2.20 bits per heavy atom. The van der Waals surface area contributed by atoms with E-state index < -0.39 is 102 Å². The van der Waals surface area contributed by atoms with Crippen LogP contribution in [0.25, 0.3) is 0 Å². The maximum absolute atomic E-state index is 14.5. The van der Waals surface area contributed by atoms with Gasteiger partial charge in [-0.2, -0.15) is 0 Å². The van der Waals surface area contributed by atoms with Crippen LogP contribution < -0.4 is 5.32 Å². The number of ether oxygens (including phenoxy) is 8. The Bertz CT molecular complexity index is 1320. The first-order valence-electron chi connectivity index (χ1n) is 21.3. The Morgan fingerprint density at radius 1 is 0.983 bits per heavy atom. The number of likely N-dealkylation sites (N-methyl/N-ethyl adjacent to an activating group) is 2. The van der Waals surface area contributed by atoms with Crippen LogP contribution in [0, 0.1) is 17.8 Å². The van der Waals surface area contributed by atoms with E-state index in [4.69, 9.17) is 37.9 Å². The van der Waals surface area contributed by atoms with E-state index in [1.54, 1.807) is 34.6 Å². The van der Waals surface area contributed by atoms with Gasteiger partial charge in [0.2, 0.25) is 0 Å². The largest absolute Gasteiger partial charge is 0.459 e. The Morgan fingerprint density at radius 2 is 1.63 bits per heavy atom. The van der Waals surface area contributed by atoms with Crippen LogP contribution in [0.3, 0.4) is 0 Å². The van der Waals surface area contributed by atoms with Crippen molar-refractivity contribution in [2.24, 2.45) is 17.8 Å². The fourth-order valence-corrected chi connectivity index (χ4v) is 9.35. The van der Waals surface area contributed by atoms with Crippen LogP contribution in [0.5, 0.6) is 0 Å². The number of hydrogen-bond donors (Lipinski definition) is 5. The van der Waals surface area contributed by atoms with Gasteiger partial charge in [0.25, 0.3) is 0 Å². The molecule has 0 spiro atoms. The summed E-state index contributed by atoms with van der Waals surface area (Å²) in [7, 11) is 8.60. The van der Waals surface area contributed by atoms with Crippen LogP contribution in [0.2, 0.25) is 0 Å². The van der Waals surface area contributed by atoms with Gasteiger partial charge in [-0.1, -0.05) is 20.8 Å². The summed E-state index contributed by atoms with van der Waals surface area (Å²) in [6, 6.07) is -0.901. The van der Waals surface area contributed by atoms with E-state index in [0.717, 1.165) is 0 Å². The quantitative estimate of drug-likeness (QED) is 0.149. The second-order valence-electron chi connectivity index (χ2n) is 18.5. The standard InChI is InChI=1S/C42H79N3O14/c1-16-30-42(10,51)36(59-39(49)43-17-18-52-14)27(6)45(13)22-23(2)20-40(8,50)35(58-38-32(46)29(44(11)12)19-24(3)54-38)25(4)33(26(5)37(48)56-30)57-31-21-41(9,53-15)34(47)28(7)55-31/h23-36,38,46-47,50-51H,16-22H2,1-15H3,(H,43,49)/t23-,24-,25+,26-,27+,28+,29+,30+,31+,32-,33+,34+,35-,36-,38+,40-,41-,42-/m1/s1. The molecular formula is C42H79N3O14. The molecule has 3 rings (SSSR count). The van der Waals surface area contributed by atoms with E-state index in [9.17, 15) is 30.0 Å². The zero-order valence-electron chi connectivity index (χ0n) is 38.4. The fraction of sp³-hybridized carbons (Fsp3) is 0.952. The van der Waals surface area contributed by atoms with Gasteiger partial charge in [0.1, 0.15) is 23.9 Å². The van der Waals surface area contributed by atoms with Crippen molar-refractivity contribution >= 4 is 12.1 Å². The number of carbonyl (C=O) groups is 2. The Hall–Kier alpha value is -1.74. The molecule has 17 nitrogen and oxygen atoms in total. The summed E-state index contributed by atoms with van der Waals surface area (Å²) in [5.41, 5.74) is -4.55. The predicted molar refractivity (Wildman–Crippen MR) is 218 cm³/mol. The first kappa shape index (κ1) is 51.6. The van der Waals surface area contributed by atoms with Crippen molar-refractivity contribution in [3.8, 4) is 0 Å². The molecule has 18 atom stereocenters. The van der Waals surface area contributed by atoms with Gasteiger partial charge in [-0.15, -0.1) is 0 Å². The van der Waals surface area contributed by atoms with Crippen LogP contribution in [0.4, 0.5) is 4.79 Å². The molecule has 346 valence electrons. The predicted octanol–water partition coefficient (Wildman–Crippen LogP) is 2.28. The molecule has 0 saturated carbocycles. The van der Waals surface area contributed by atoms with Gasteiger partial charge in [-0.25, -0.2) is 4.79 Å². The Labute approximate surface area is 352 Å². The third-order valence-electron chi connectivity index (χ3n) is 13.0. The highest BCUT2D eigenvalue weighted by Crippen LogP contribution is 2.40. The highest BCUT2D eigenvalue weighted by Gasteiger charge is 2.53. The van der Waals surface area contributed by atoms with Crippen LogP contribution in [-0.4, -0.2) is 188 Å². The molecule has 0 aromatic heterocycles. The number of methoxy groups -OCH3 is 2. The minimum Gasteiger partial charge on any atom is -0.459 e. The average molecular weight is 850 g/mol. The van der Waals surface area contributed by atoms with Crippen LogP contribution >= 0.6 is 0 Å². The van der Waals surface area contributed by atoms with Gasteiger partial charge in [-0.05, 0) is 94.8 Å². The highest BCUT2D eigenvalue weighted by atomic mass is 16.7. The number of aliphatic hydroxyl groups is 4. The SMILES string of the molecule is CC[C@@H]1OC(=O)[C@H](C)[C@@H](O[C@H]2C[C@@](C)(OC)[C@@H](O)[C@H](C)O2)[C@H](C)[C@@H](O[C@@H]2O[C@H](C)C[C@H](N(C)C)[C@H]2O)[C@](C)(O)C[C@@H](C)CN(C)[C@@H](C)[C@@H](OC(=O)NCCOC)[C@]1(C)O. The Balaban J connectivity index is 2.20. The molecule has 3 heterocycles. The molecule has 1 amide bonds. The molecule has 0 radical (unpaired) electrons. The van der Waals surface area contributed by atoms with Crippen molar-refractivity contribution in [1.29, 1.82) is 0 Å². The first-order chi connectivity index (χ1) is 27.3. The highest BCUT2D eigenvalue weighted by molar-refractivity contribution is 5.73. The third-order valence-corrected chi connectivity index (χ3v) is 13.0. The number of carbonyl (C=O) groups excluding carboxylic acids is 2. The zero-order valence-corrected chi connectivity index (χ0v) is 38.4. The van der Waals surface area contributed by atoms with Crippen molar-refractivity contribution in [3.05, 3.63) is 0 Å². The number of nitrogens with one attached hydrogen (secondary N) is 1. The van der Waals surface area contributed by atoms with Gasteiger partial charge in [0, 0.05) is 51.7 Å². The molecule has 5 N–H and O–H groups in total. The number of hydrogen-bond acceptors (Lipinski definition) is 16. The third kappa shape index (κ3) is 12.7. The summed E-state index contributed by atoms with van der Waals surface area (Å²) in [6.07, 6.45) is -9.40. The van der Waals surface area contributed by atoms with Gasteiger partial charge in [0.05, 0.1) is 48.1 Å². The molecule has 0 bridgehead atoms. The van der Waals surface area contributed by atoms with Crippen molar-refractivity contribution in [3.63, 3.8) is 0 Å². The molecule has 0 aromatic rings. The van der Waals surface area contributed by atoms with Crippen molar-refractivity contribution in [1.82, 2.24) is 15.1 Å². The zero-order chi connectivity index (χ0) is 44.8. The summed E-state index contributed by atoms with van der Waals surface area (Å²) in [4.78, 5) is 31.5. The smallest absolute Gasteiger partial charge is 0.407 e. The summed E-state index contributed by atoms with van der Waals surface area (Å²) < 4.78 is 48.9. The lowest BCUT2D eigenvalue weighted by molar-refractivity contribution is -0.318. The van der Waals surface area contributed by atoms with Crippen LogP contribution in [0.1, 0.15) is 94.9 Å². The van der Waals surface area contributed by atoms with Crippen LogP contribution in [0.15, 0.2) is 0 Å². The van der Waals surface area contributed by atoms with Crippen LogP contribution in [-0.2, 0) is 42.7 Å². The monoisotopic (exact) mass is 850 g/mol. The van der Waals surface area contributed by atoms with E-state index in [0.29, 0.717) is 13.0 Å². The fourth-order valence-electron chi connectivity index (χ4n) is 9.35. The number of esters is 1. The van der Waals surface area contributed by atoms with E-state index in [1.807, 2.05) is 58.6 Å². The molecule has 3 fully saturated rings. The molecule has 0 aromatic carbocycles. The summed E-state index contributed by atoms with van der Waals surface area (Å²) >= 11 is 0. The maximum Gasteiger partial charge on any atom is 0.407 e. The number of aliphatic hydroxyl groups excluding tert-OH is 2. The van der Waals surface area contributed by atoms with Crippen molar-refractivity contribution in [2.75, 3.05) is 55.1 Å². The summed E-state index contributed by atoms with van der Waals surface area (Å²) in [6.45, 7) is 18.4. The van der Waals surface area contributed by atoms with Gasteiger partial charge < -0.3 is 68.5 Å². The second-order valence-corrected chi connectivity index (χ2v) is 18.5. The normalized spacial score (nSPS) is 44.9. The summed E-state index contributed by atoms with van der Waals surface area (Å²) in [5, 5.41) is 50.3. The summed E-state index contributed by atoms with van der Waals surface area (Å²) in [5.74, 6) is -2.80. The van der Waals surface area contributed by atoms with Gasteiger partial charge in [0.15, 0.2) is 18.7 Å². The molecule has 59 heavy (non-hydrogen) atoms. The molecule has 3 aliphatic rings. The van der Waals surface area contributed by atoms with E-state index in [1.165, 1.54) is 21.1 Å². The lowest BCUT2D eigenvalue weighted by Gasteiger charge is -2.48. The number of nitrogens with zero attached hydrogens (tertiary/aromatic N) is 2. The first-order valence-corrected chi connectivity index (χ1v) is 21.3. The molecule has 0 aliphatic carbocycles. The molecule has 17 heteroatoms. The van der Waals surface area contributed by atoms with E-state index >= 15 is 0 Å². The number of alkyl carbamates (subject to hydrolysis) is 1. The minimum atomic E-state index is -1.88. The van der Waals surface area contributed by atoms with E-state index in [-0.39, 0.29) is 50.5 Å². The van der Waals surface area contributed by atoms with Crippen molar-refractivity contribution < 1.29 is 67.9 Å². The molecule has 3 saturated heterocycles. The number of rotatable bonds is 11. The number of cyclic esters (lactones) is 1. The topological polar surface area (TPSA) is 207 Å². The maximum atomic E-state index is 14.5. The second kappa shape index (κ2) is 21.6. The number of amides is 1. The van der Waals surface area contributed by atoms with Gasteiger partial charge >= 0.3 is 12.1 Å². The minimum absolute atomic E-state index is 0.105. The molecule has 3 aliphatic heterocycles. The van der Waals surface area contributed by atoms with Gasteiger partial charge in [-0.3, -0.25) is 9.69 Å².